The van der Waals surface area contributed by atoms with Crippen LogP contribution in [0, 0.1) is 0 Å². The van der Waals surface area contributed by atoms with Crippen LogP contribution in [0.1, 0.15) is 16.4 Å². The molecule has 2 rings (SSSR count). The van der Waals surface area contributed by atoms with Crippen molar-refractivity contribution in [2.24, 2.45) is 0 Å². The average Bonchev–Trinajstić information content (AvgIpc) is 2.62. The highest BCUT2D eigenvalue weighted by Gasteiger charge is 2.27. The third kappa shape index (κ3) is 1.43. The second-order valence-electron chi connectivity index (χ2n) is 3.34. The van der Waals surface area contributed by atoms with Gasteiger partial charge in [-0.2, -0.15) is 0 Å². The maximum Gasteiger partial charge on any atom is 0.231 e. The van der Waals surface area contributed by atoms with E-state index in [0.717, 1.165) is 5.56 Å². The fourth-order valence-corrected chi connectivity index (χ4v) is 2.31. The number of hydrogen-bond donors (Lipinski definition) is 3. The molecule has 0 amide bonds. The van der Waals surface area contributed by atoms with Gasteiger partial charge >= 0.3 is 0 Å². The van der Waals surface area contributed by atoms with E-state index in [9.17, 15) is 0 Å². The van der Waals surface area contributed by atoms with Crippen LogP contribution in [0.25, 0.3) is 0 Å². The highest BCUT2D eigenvalue weighted by atomic mass is 127. The fourth-order valence-electron chi connectivity index (χ4n) is 1.64. The Morgan fingerprint density at radius 3 is 2.13 bits per heavy atom. The minimum Gasteiger partial charge on any atom is -0.451 e. The zero-order valence-electron chi connectivity index (χ0n) is 8.21. The molecule has 1 aliphatic rings. The second-order valence-corrected chi connectivity index (χ2v) is 5.20. The number of nitrogen functional groups attached to an aromatic ring is 3. The molecule has 1 aromatic carbocycles. The van der Waals surface area contributed by atoms with Crippen molar-refractivity contribution in [2.45, 2.75) is 10.8 Å². The lowest BCUT2D eigenvalue weighted by Gasteiger charge is -2.16. The first-order valence-corrected chi connectivity index (χ1v) is 5.68. The molecule has 1 aliphatic heterocycles. The van der Waals surface area contributed by atoms with Gasteiger partial charge in [0.1, 0.15) is 5.69 Å². The van der Waals surface area contributed by atoms with Crippen LogP contribution in [-0.4, -0.2) is 6.79 Å². The SMILES string of the molecule is CC(I)c1c(N)c(N)c2c(c1N)OCO2. The molecule has 1 unspecified atom stereocenters. The lowest BCUT2D eigenvalue weighted by molar-refractivity contribution is 0.175. The number of hydrogen-bond acceptors (Lipinski definition) is 5. The molecule has 15 heavy (non-hydrogen) atoms. The van der Waals surface area contributed by atoms with Crippen LogP contribution in [0.4, 0.5) is 17.1 Å². The average molecular weight is 321 g/mol. The molecule has 0 aliphatic carbocycles. The van der Waals surface area contributed by atoms with E-state index in [4.69, 9.17) is 26.7 Å². The summed E-state index contributed by atoms with van der Waals surface area (Å²) in [6.07, 6.45) is 0. The van der Waals surface area contributed by atoms with Crippen LogP contribution in [0.3, 0.4) is 0 Å². The largest absolute Gasteiger partial charge is 0.451 e. The monoisotopic (exact) mass is 321 g/mol. The maximum atomic E-state index is 5.96. The van der Waals surface area contributed by atoms with Gasteiger partial charge in [-0.1, -0.05) is 22.6 Å². The molecule has 1 aromatic rings. The molecule has 1 heterocycles. The van der Waals surface area contributed by atoms with E-state index >= 15 is 0 Å². The number of rotatable bonds is 1. The number of nitrogens with two attached hydrogens (primary N) is 3. The summed E-state index contributed by atoms with van der Waals surface area (Å²) in [5.41, 5.74) is 20.0. The van der Waals surface area contributed by atoms with E-state index in [1.165, 1.54) is 0 Å². The summed E-state index contributed by atoms with van der Waals surface area (Å²) >= 11 is 2.23. The normalized spacial score (nSPS) is 15.3. The number of fused-ring (bicyclic) bond motifs is 1. The van der Waals surface area contributed by atoms with Crippen molar-refractivity contribution in [2.75, 3.05) is 24.0 Å². The molecule has 0 aromatic heterocycles. The quantitative estimate of drug-likeness (QED) is 0.415. The second kappa shape index (κ2) is 3.51. The molecule has 82 valence electrons. The summed E-state index contributed by atoms with van der Waals surface area (Å²) in [7, 11) is 0. The molecule has 0 fully saturated rings. The van der Waals surface area contributed by atoms with Crippen LogP contribution in [0.2, 0.25) is 0 Å². The van der Waals surface area contributed by atoms with E-state index in [2.05, 4.69) is 22.6 Å². The first-order chi connectivity index (χ1) is 7.04. The van der Waals surface area contributed by atoms with Crippen LogP contribution in [0.15, 0.2) is 0 Å². The van der Waals surface area contributed by atoms with Crippen molar-refractivity contribution in [3.63, 3.8) is 0 Å². The van der Waals surface area contributed by atoms with E-state index in [1.807, 2.05) is 6.92 Å². The van der Waals surface area contributed by atoms with Crippen molar-refractivity contribution in [3.05, 3.63) is 5.56 Å². The number of halogens is 1. The summed E-state index contributed by atoms with van der Waals surface area (Å²) in [5, 5.41) is 0. The molecule has 5 nitrogen and oxygen atoms in total. The van der Waals surface area contributed by atoms with Crippen LogP contribution in [0.5, 0.6) is 11.5 Å². The fraction of sp³-hybridized carbons (Fsp3) is 0.333. The van der Waals surface area contributed by atoms with Gasteiger partial charge in [0.2, 0.25) is 6.79 Å². The lowest BCUT2D eigenvalue weighted by atomic mass is 10.0. The summed E-state index contributed by atoms with van der Waals surface area (Å²) in [6, 6.07) is 0. The molecule has 0 radical (unpaired) electrons. The van der Waals surface area contributed by atoms with Crippen molar-refractivity contribution >= 4 is 39.7 Å². The van der Waals surface area contributed by atoms with Crippen molar-refractivity contribution in [1.29, 1.82) is 0 Å². The number of alkyl halides is 1. The summed E-state index contributed by atoms with van der Waals surface area (Å²) in [6.45, 7) is 2.13. The zero-order valence-corrected chi connectivity index (χ0v) is 10.4. The minimum atomic E-state index is 0.141. The Hall–Kier alpha value is -1.05. The van der Waals surface area contributed by atoms with Crippen LogP contribution < -0.4 is 26.7 Å². The topological polar surface area (TPSA) is 96.5 Å². The van der Waals surface area contributed by atoms with Gasteiger partial charge in [0.25, 0.3) is 0 Å². The minimum absolute atomic E-state index is 0.141. The third-order valence-electron chi connectivity index (χ3n) is 2.37. The Balaban J connectivity index is 2.73. The molecule has 6 N–H and O–H groups in total. The molecule has 0 saturated heterocycles. The Kier molecular flexibility index (Phi) is 2.45. The number of ether oxygens (including phenoxy) is 2. The van der Waals surface area contributed by atoms with Gasteiger partial charge in [0.05, 0.1) is 11.4 Å². The van der Waals surface area contributed by atoms with Crippen LogP contribution >= 0.6 is 22.6 Å². The standard InChI is InChI=1S/C9H12IN3O2/c1-3(10)4-5(11)7(13)9-8(6(4)12)14-2-15-9/h3H,2,11-13H2,1H3. The Bertz CT molecular complexity index is 421. The molecular weight excluding hydrogens is 309 g/mol. The number of anilines is 3. The van der Waals surface area contributed by atoms with Gasteiger partial charge in [0.15, 0.2) is 11.5 Å². The Morgan fingerprint density at radius 2 is 1.60 bits per heavy atom. The molecule has 0 bridgehead atoms. The number of benzene rings is 1. The highest BCUT2D eigenvalue weighted by molar-refractivity contribution is 14.1. The smallest absolute Gasteiger partial charge is 0.231 e. The van der Waals surface area contributed by atoms with Crippen molar-refractivity contribution < 1.29 is 9.47 Å². The predicted octanol–water partition coefficient (Wildman–Crippen LogP) is 1.66. The Labute approximate surface area is 101 Å². The van der Waals surface area contributed by atoms with Crippen molar-refractivity contribution in [1.82, 2.24) is 0 Å². The van der Waals surface area contributed by atoms with E-state index in [-0.39, 0.29) is 10.7 Å². The van der Waals surface area contributed by atoms with Crippen LogP contribution in [-0.2, 0) is 0 Å². The van der Waals surface area contributed by atoms with E-state index in [0.29, 0.717) is 28.6 Å². The zero-order chi connectivity index (χ0) is 11.2. The van der Waals surface area contributed by atoms with Gasteiger partial charge in [-0.3, -0.25) is 0 Å². The summed E-state index contributed by atoms with van der Waals surface area (Å²) < 4.78 is 10.7. The summed E-state index contributed by atoms with van der Waals surface area (Å²) in [5.74, 6) is 0.978. The molecule has 1 atom stereocenters. The predicted molar refractivity (Wildman–Crippen MR) is 68.2 cm³/mol. The maximum absolute atomic E-state index is 5.96. The van der Waals surface area contributed by atoms with Gasteiger partial charge < -0.3 is 26.7 Å². The molecule has 0 spiro atoms. The Morgan fingerprint density at radius 1 is 1.07 bits per heavy atom. The van der Waals surface area contributed by atoms with E-state index in [1.54, 1.807) is 0 Å². The lowest BCUT2D eigenvalue weighted by Crippen LogP contribution is -2.05. The van der Waals surface area contributed by atoms with Gasteiger partial charge in [-0.05, 0) is 6.92 Å². The third-order valence-corrected chi connectivity index (χ3v) is 2.99. The van der Waals surface area contributed by atoms with Gasteiger partial charge in [-0.15, -0.1) is 0 Å². The molecule has 6 heteroatoms. The van der Waals surface area contributed by atoms with Gasteiger partial charge in [0, 0.05) is 9.49 Å². The first-order valence-electron chi connectivity index (χ1n) is 4.44. The van der Waals surface area contributed by atoms with E-state index < -0.39 is 0 Å². The molecule has 0 saturated carbocycles. The summed E-state index contributed by atoms with van der Waals surface area (Å²) in [4.78, 5) is 0. The van der Waals surface area contributed by atoms with Gasteiger partial charge in [-0.25, -0.2) is 0 Å². The van der Waals surface area contributed by atoms with Crippen molar-refractivity contribution in [3.8, 4) is 11.5 Å². The highest BCUT2D eigenvalue weighted by Crippen LogP contribution is 2.51. The first kappa shape index (κ1) is 10.5. The molecular formula is C9H12IN3O2.